The third-order valence-electron chi connectivity index (χ3n) is 2.38. The molecule has 17 heavy (non-hydrogen) atoms. The summed E-state index contributed by atoms with van der Waals surface area (Å²) in [6.45, 7) is 0. The van der Waals surface area contributed by atoms with Crippen molar-refractivity contribution in [1.82, 2.24) is 0 Å². The normalized spacial score (nSPS) is 10.2. The fourth-order valence-electron chi connectivity index (χ4n) is 1.61. The number of rotatable bonds is 2. The largest absolute Gasteiger partial charge is 0.478 e. The number of carboxylic acid groups (broad SMARTS) is 1. The monoisotopic (exact) mass is 234 g/mol. The SMILES string of the molecule is O=C(O)c1ccc(F)cc1-c1ccccc1F. The summed E-state index contributed by atoms with van der Waals surface area (Å²) in [5.74, 6) is -2.41. The van der Waals surface area contributed by atoms with Crippen molar-refractivity contribution in [3.63, 3.8) is 0 Å². The highest BCUT2D eigenvalue weighted by Gasteiger charge is 2.15. The van der Waals surface area contributed by atoms with Crippen LogP contribution in [0.5, 0.6) is 0 Å². The molecule has 0 atom stereocenters. The minimum Gasteiger partial charge on any atom is -0.478 e. The van der Waals surface area contributed by atoms with Gasteiger partial charge in [-0.15, -0.1) is 0 Å². The van der Waals surface area contributed by atoms with Gasteiger partial charge in [-0.3, -0.25) is 0 Å². The maximum Gasteiger partial charge on any atom is 0.336 e. The van der Waals surface area contributed by atoms with Crippen LogP contribution in [-0.2, 0) is 0 Å². The first-order valence-electron chi connectivity index (χ1n) is 4.87. The maximum absolute atomic E-state index is 13.5. The van der Waals surface area contributed by atoms with E-state index in [0.29, 0.717) is 0 Å². The van der Waals surface area contributed by atoms with Gasteiger partial charge in [0.05, 0.1) is 5.56 Å². The van der Waals surface area contributed by atoms with Gasteiger partial charge in [0.2, 0.25) is 0 Å². The summed E-state index contributed by atoms with van der Waals surface area (Å²) in [6.07, 6.45) is 0. The van der Waals surface area contributed by atoms with E-state index >= 15 is 0 Å². The van der Waals surface area contributed by atoms with Crippen LogP contribution in [0.4, 0.5) is 8.78 Å². The van der Waals surface area contributed by atoms with E-state index in [9.17, 15) is 13.6 Å². The topological polar surface area (TPSA) is 37.3 Å². The van der Waals surface area contributed by atoms with Gasteiger partial charge >= 0.3 is 5.97 Å². The number of carboxylic acids is 1. The molecule has 0 unspecified atom stereocenters. The van der Waals surface area contributed by atoms with Crippen LogP contribution in [0.1, 0.15) is 10.4 Å². The molecule has 0 aliphatic carbocycles. The Kier molecular flexibility index (Phi) is 2.87. The second-order valence-electron chi connectivity index (χ2n) is 3.47. The third-order valence-corrected chi connectivity index (χ3v) is 2.38. The Hall–Kier alpha value is -2.23. The first-order valence-corrected chi connectivity index (χ1v) is 4.87. The summed E-state index contributed by atoms with van der Waals surface area (Å²) < 4.78 is 26.6. The van der Waals surface area contributed by atoms with E-state index in [1.165, 1.54) is 18.2 Å². The molecule has 0 aromatic heterocycles. The molecule has 2 nitrogen and oxygen atoms in total. The van der Waals surface area contributed by atoms with Gasteiger partial charge in [-0.2, -0.15) is 0 Å². The number of carbonyl (C=O) groups is 1. The summed E-state index contributed by atoms with van der Waals surface area (Å²) in [6, 6.07) is 8.84. The number of halogens is 2. The fourth-order valence-corrected chi connectivity index (χ4v) is 1.61. The highest BCUT2D eigenvalue weighted by molar-refractivity contribution is 5.96. The lowest BCUT2D eigenvalue weighted by Crippen LogP contribution is -2.01. The van der Waals surface area contributed by atoms with E-state index in [1.54, 1.807) is 6.07 Å². The molecule has 0 spiro atoms. The molecule has 0 bridgehead atoms. The number of hydrogen-bond donors (Lipinski definition) is 1. The quantitative estimate of drug-likeness (QED) is 0.865. The lowest BCUT2D eigenvalue weighted by molar-refractivity contribution is 0.0697. The molecule has 0 amide bonds. The molecule has 2 aromatic rings. The number of aromatic carboxylic acids is 1. The zero-order chi connectivity index (χ0) is 12.4. The van der Waals surface area contributed by atoms with Gasteiger partial charge in [0.1, 0.15) is 11.6 Å². The van der Waals surface area contributed by atoms with Gasteiger partial charge in [0, 0.05) is 11.1 Å². The van der Waals surface area contributed by atoms with Gasteiger partial charge in [-0.1, -0.05) is 18.2 Å². The van der Waals surface area contributed by atoms with Crippen LogP contribution in [-0.4, -0.2) is 11.1 Å². The van der Waals surface area contributed by atoms with Crippen LogP contribution in [0.2, 0.25) is 0 Å². The van der Waals surface area contributed by atoms with Gasteiger partial charge in [0.25, 0.3) is 0 Å². The minimum atomic E-state index is -1.22. The van der Waals surface area contributed by atoms with Crippen molar-refractivity contribution < 1.29 is 18.7 Å². The van der Waals surface area contributed by atoms with E-state index in [2.05, 4.69) is 0 Å². The van der Waals surface area contributed by atoms with E-state index in [-0.39, 0.29) is 16.7 Å². The summed E-state index contributed by atoms with van der Waals surface area (Å²) in [4.78, 5) is 11.0. The number of hydrogen-bond acceptors (Lipinski definition) is 1. The Labute approximate surface area is 96.1 Å². The van der Waals surface area contributed by atoms with Gasteiger partial charge < -0.3 is 5.11 Å². The lowest BCUT2D eigenvalue weighted by atomic mass is 9.99. The average molecular weight is 234 g/mol. The van der Waals surface area contributed by atoms with E-state index < -0.39 is 17.6 Å². The molecule has 0 saturated heterocycles. The van der Waals surface area contributed by atoms with Gasteiger partial charge in [-0.25, -0.2) is 13.6 Å². The van der Waals surface area contributed by atoms with Crippen LogP contribution < -0.4 is 0 Å². The summed E-state index contributed by atoms with van der Waals surface area (Å²) in [5.41, 5.74) is -0.0171. The Balaban J connectivity index is 2.70. The van der Waals surface area contributed by atoms with Crippen LogP contribution in [0, 0.1) is 11.6 Å². The van der Waals surface area contributed by atoms with E-state index in [0.717, 1.165) is 18.2 Å². The van der Waals surface area contributed by atoms with E-state index in [1.807, 2.05) is 0 Å². The van der Waals surface area contributed by atoms with Crippen molar-refractivity contribution in [1.29, 1.82) is 0 Å². The molecule has 0 aliphatic heterocycles. The molecule has 0 aliphatic rings. The van der Waals surface area contributed by atoms with Crippen molar-refractivity contribution in [2.75, 3.05) is 0 Å². The number of benzene rings is 2. The van der Waals surface area contributed by atoms with Gasteiger partial charge in [0.15, 0.2) is 0 Å². The van der Waals surface area contributed by atoms with Crippen LogP contribution in [0.3, 0.4) is 0 Å². The summed E-state index contributed by atoms with van der Waals surface area (Å²) in [5, 5.41) is 8.96. The minimum absolute atomic E-state index is 0.0376. The maximum atomic E-state index is 13.5. The molecule has 0 fully saturated rings. The molecule has 0 heterocycles. The zero-order valence-corrected chi connectivity index (χ0v) is 8.65. The zero-order valence-electron chi connectivity index (χ0n) is 8.65. The second-order valence-corrected chi connectivity index (χ2v) is 3.47. The predicted octanol–water partition coefficient (Wildman–Crippen LogP) is 3.33. The smallest absolute Gasteiger partial charge is 0.336 e. The van der Waals surface area contributed by atoms with Crippen molar-refractivity contribution in [2.45, 2.75) is 0 Å². The highest BCUT2D eigenvalue weighted by atomic mass is 19.1. The van der Waals surface area contributed by atoms with Gasteiger partial charge in [-0.05, 0) is 24.3 Å². The Morgan fingerprint density at radius 3 is 2.35 bits per heavy atom. The lowest BCUT2D eigenvalue weighted by Gasteiger charge is -2.07. The molecule has 4 heteroatoms. The molecule has 0 radical (unpaired) electrons. The predicted molar refractivity (Wildman–Crippen MR) is 58.8 cm³/mol. The van der Waals surface area contributed by atoms with E-state index in [4.69, 9.17) is 5.11 Å². The Morgan fingerprint density at radius 1 is 1.00 bits per heavy atom. The van der Waals surface area contributed by atoms with Crippen LogP contribution in [0.25, 0.3) is 11.1 Å². The average Bonchev–Trinajstić information content (AvgIpc) is 2.29. The van der Waals surface area contributed by atoms with Crippen LogP contribution >= 0.6 is 0 Å². The standard InChI is InChI=1S/C13H8F2O2/c14-8-5-6-10(13(16)17)11(7-8)9-3-1-2-4-12(9)15/h1-7H,(H,16,17). The Morgan fingerprint density at radius 2 is 1.71 bits per heavy atom. The van der Waals surface area contributed by atoms with Crippen LogP contribution in [0.15, 0.2) is 42.5 Å². The molecule has 2 rings (SSSR count). The molecule has 0 saturated carbocycles. The molecule has 86 valence electrons. The van der Waals surface area contributed by atoms with Crippen molar-refractivity contribution in [3.05, 3.63) is 59.7 Å². The summed E-state index contributed by atoms with van der Waals surface area (Å²) >= 11 is 0. The molecule has 1 N–H and O–H groups in total. The first kappa shape index (κ1) is 11.3. The molecule has 2 aromatic carbocycles. The third kappa shape index (κ3) is 2.15. The summed E-state index contributed by atoms with van der Waals surface area (Å²) in [7, 11) is 0. The van der Waals surface area contributed by atoms with Crippen molar-refractivity contribution in [3.8, 4) is 11.1 Å². The molecular weight excluding hydrogens is 226 g/mol. The Bertz CT molecular complexity index is 579. The molecular formula is C13H8F2O2. The van der Waals surface area contributed by atoms with Crippen molar-refractivity contribution >= 4 is 5.97 Å². The first-order chi connectivity index (χ1) is 8.09. The second kappa shape index (κ2) is 4.33. The van der Waals surface area contributed by atoms with Crippen molar-refractivity contribution in [2.24, 2.45) is 0 Å². The fraction of sp³-hybridized carbons (Fsp3) is 0. The highest BCUT2D eigenvalue weighted by Crippen LogP contribution is 2.27.